The third-order valence-electron chi connectivity index (χ3n) is 2.45. The molecule has 0 radical (unpaired) electrons. The number of hydrogen-bond acceptors (Lipinski definition) is 2. The number of aromatic nitrogens is 1. The normalized spacial score (nSPS) is 10.5. The summed E-state index contributed by atoms with van der Waals surface area (Å²) in [5, 5.41) is 0. The molecule has 0 aliphatic rings. The lowest BCUT2D eigenvalue weighted by molar-refractivity contribution is 0.898. The monoisotopic (exact) mass is 219 g/mol. The first-order valence-electron chi connectivity index (χ1n) is 4.98. The first-order chi connectivity index (χ1) is 7.24. The van der Waals surface area contributed by atoms with Gasteiger partial charge in [0, 0.05) is 11.9 Å². The molecule has 0 saturated heterocycles. The fraction of sp³-hybridized carbons (Fsp3) is 0.250. The molecular formula is C12H13NOS. The molecule has 0 fully saturated rings. The van der Waals surface area contributed by atoms with Crippen molar-refractivity contribution in [3.63, 3.8) is 0 Å². The summed E-state index contributed by atoms with van der Waals surface area (Å²) in [6.45, 7) is 2.08. The fourth-order valence-electron chi connectivity index (χ4n) is 1.69. The molecule has 1 aromatic carbocycles. The molecule has 2 rings (SSSR count). The van der Waals surface area contributed by atoms with Crippen LogP contribution in [0.1, 0.15) is 11.8 Å². The van der Waals surface area contributed by atoms with Crippen LogP contribution in [0.25, 0.3) is 11.3 Å². The largest absolute Gasteiger partial charge is 0.307 e. The van der Waals surface area contributed by atoms with Crippen molar-refractivity contribution >= 4 is 11.3 Å². The van der Waals surface area contributed by atoms with E-state index in [4.69, 9.17) is 0 Å². The van der Waals surface area contributed by atoms with Crippen molar-refractivity contribution in [1.29, 1.82) is 0 Å². The van der Waals surface area contributed by atoms with Gasteiger partial charge in [0.2, 0.25) is 0 Å². The summed E-state index contributed by atoms with van der Waals surface area (Å²) in [7, 11) is 1.83. The Morgan fingerprint density at radius 2 is 1.93 bits per heavy atom. The summed E-state index contributed by atoms with van der Waals surface area (Å²) < 4.78 is 1.73. The van der Waals surface area contributed by atoms with Crippen molar-refractivity contribution in [3.05, 3.63) is 44.9 Å². The number of nitrogens with zero attached hydrogens (tertiary/aromatic N) is 1. The molecule has 0 saturated carbocycles. The van der Waals surface area contributed by atoms with Crippen LogP contribution >= 0.6 is 11.3 Å². The highest BCUT2D eigenvalue weighted by molar-refractivity contribution is 7.09. The average Bonchev–Trinajstić information content (AvgIpc) is 2.56. The first kappa shape index (κ1) is 10.2. The molecule has 2 aromatic rings. The maximum atomic E-state index is 11.6. The van der Waals surface area contributed by atoms with E-state index >= 15 is 0 Å². The maximum absolute atomic E-state index is 11.6. The van der Waals surface area contributed by atoms with Gasteiger partial charge < -0.3 is 4.57 Å². The van der Waals surface area contributed by atoms with Crippen molar-refractivity contribution in [2.24, 2.45) is 7.05 Å². The predicted molar refractivity (Wildman–Crippen MR) is 64.4 cm³/mol. The van der Waals surface area contributed by atoms with Gasteiger partial charge in [-0.05, 0) is 12.0 Å². The van der Waals surface area contributed by atoms with Crippen LogP contribution in [0.15, 0.2) is 35.1 Å². The molecule has 78 valence electrons. The second kappa shape index (κ2) is 4.03. The summed E-state index contributed by atoms with van der Waals surface area (Å²) in [6.07, 6.45) is 0.908. The minimum absolute atomic E-state index is 0.116. The number of rotatable bonds is 2. The van der Waals surface area contributed by atoms with E-state index in [1.165, 1.54) is 11.3 Å². The molecule has 0 amide bonds. The van der Waals surface area contributed by atoms with E-state index in [1.807, 2.05) is 37.4 Å². The summed E-state index contributed by atoms with van der Waals surface area (Å²) >= 11 is 1.34. The Bertz CT molecular complexity index is 510. The topological polar surface area (TPSA) is 22.0 Å². The Kier molecular flexibility index (Phi) is 2.73. The first-order valence-corrected chi connectivity index (χ1v) is 5.79. The van der Waals surface area contributed by atoms with Gasteiger partial charge in [-0.25, -0.2) is 0 Å². The zero-order valence-electron chi connectivity index (χ0n) is 8.86. The lowest BCUT2D eigenvalue weighted by Gasteiger charge is -2.04. The van der Waals surface area contributed by atoms with Gasteiger partial charge in [-0.1, -0.05) is 48.6 Å². The van der Waals surface area contributed by atoms with Crippen molar-refractivity contribution in [1.82, 2.24) is 4.57 Å². The molecule has 1 aromatic heterocycles. The van der Waals surface area contributed by atoms with Gasteiger partial charge in [0.1, 0.15) is 0 Å². The standard InChI is InChI=1S/C12H13NOS/c1-3-10-11(13(2)12(14)15-10)9-7-5-4-6-8-9/h4-8H,3H2,1-2H3. The lowest BCUT2D eigenvalue weighted by atomic mass is 10.1. The molecule has 0 atom stereocenters. The second-order valence-corrected chi connectivity index (χ2v) is 4.46. The number of aryl methyl sites for hydroxylation is 1. The molecule has 2 nitrogen and oxygen atoms in total. The van der Waals surface area contributed by atoms with Gasteiger partial charge in [0.05, 0.1) is 5.69 Å². The smallest absolute Gasteiger partial charge is 0.301 e. The fourth-order valence-corrected chi connectivity index (χ4v) is 2.63. The number of hydrogen-bond donors (Lipinski definition) is 0. The predicted octanol–water partition coefficient (Wildman–Crippen LogP) is 2.68. The van der Waals surface area contributed by atoms with E-state index in [1.54, 1.807) is 4.57 Å². The molecule has 1 heterocycles. The van der Waals surface area contributed by atoms with Gasteiger partial charge >= 0.3 is 4.87 Å². The van der Waals surface area contributed by atoms with Crippen LogP contribution in [0, 0.1) is 0 Å². The van der Waals surface area contributed by atoms with Crippen LogP contribution in [-0.2, 0) is 13.5 Å². The van der Waals surface area contributed by atoms with Crippen molar-refractivity contribution in [3.8, 4) is 11.3 Å². The lowest BCUT2D eigenvalue weighted by Crippen LogP contribution is -2.08. The summed E-state index contributed by atoms with van der Waals surface area (Å²) in [6, 6.07) is 10.1. The average molecular weight is 219 g/mol. The van der Waals surface area contributed by atoms with E-state index in [0.29, 0.717) is 0 Å². The molecule has 15 heavy (non-hydrogen) atoms. The van der Waals surface area contributed by atoms with E-state index in [-0.39, 0.29) is 4.87 Å². The van der Waals surface area contributed by atoms with E-state index in [2.05, 4.69) is 6.92 Å². The molecule has 0 bridgehead atoms. The van der Waals surface area contributed by atoms with Crippen LogP contribution in [0.2, 0.25) is 0 Å². The van der Waals surface area contributed by atoms with Gasteiger partial charge in [-0.3, -0.25) is 4.79 Å². The van der Waals surface area contributed by atoms with Gasteiger partial charge in [0.15, 0.2) is 0 Å². The van der Waals surface area contributed by atoms with Crippen LogP contribution < -0.4 is 4.87 Å². The summed E-state index contributed by atoms with van der Waals surface area (Å²) in [4.78, 5) is 12.9. The van der Waals surface area contributed by atoms with E-state index in [9.17, 15) is 4.79 Å². The van der Waals surface area contributed by atoms with Crippen LogP contribution in [-0.4, -0.2) is 4.57 Å². The molecule has 0 aliphatic carbocycles. The van der Waals surface area contributed by atoms with Crippen LogP contribution in [0.3, 0.4) is 0 Å². The Morgan fingerprint density at radius 1 is 1.27 bits per heavy atom. The highest BCUT2D eigenvalue weighted by Gasteiger charge is 2.11. The maximum Gasteiger partial charge on any atom is 0.307 e. The van der Waals surface area contributed by atoms with Crippen LogP contribution in [0.5, 0.6) is 0 Å². The second-order valence-electron chi connectivity index (χ2n) is 3.42. The van der Waals surface area contributed by atoms with Crippen LogP contribution in [0.4, 0.5) is 0 Å². The molecule has 0 spiro atoms. The number of thiazole rings is 1. The van der Waals surface area contributed by atoms with Crippen molar-refractivity contribution in [2.75, 3.05) is 0 Å². The van der Waals surface area contributed by atoms with Gasteiger partial charge in [-0.15, -0.1) is 0 Å². The Morgan fingerprint density at radius 3 is 2.53 bits per heavy atom. The summed E-state index contributed by atoms with van der Waals surface area (Å²) in [5.74, 6) is 0. The van der Waals surface area contributed by atoms with E-state index in [0.717, 1.165) is 22.6 Å². The molecule has 0 N–H and O–H groups in total. The molecular weight excluding hydrogens is 206 g/mol. The molecule has 3 heteroatoms. The Balaban J connectivity index is 2.67. The zero-order chi connectivity index (χ0) is 10.8. The third-order valence-corrected chi connectivity index (χ3v) is 3.63. The van der Waals surface area contributed by atoms with Gasteiger partial charge in [-0.2, -0.15) is 0 Å². The molecule has 0 aliphatic heterocycles. The number of benzene rings is 1. The SMILES string of the molecule is CCc1sc(=O)n(C)c1-c1ccccc1. The van der Waals surface area contributed by atoms with E-state index < -0.39 is 0 Å². The summed E-state index contributed by atoms with van der Waals surface area (Å²) in [5.41, 5.74) is 2.18. The minimum atomic E-state index is 0.116. The zero-order valence-corrected chi connectivity index (χ0v) is 9.67. The quantitative estimate of drug-likeness (QED) is 0.761. The third kappa shape index (κ3) is 1.75. The van der Waals surface area contributed by atoms with Gasteiger partial charge in [0.25, 0.3) is 0 Å². The molecule has 0 unspecified atom stereocenters. The highest BCUT2D eigenvalue weighted by atomic mass is 32.1. The minimum Gasteiger partial charge on any atom is -0.301 e. The van der Waals surface area contributed by atoms with Crippen molar-refractivity contribution < 1.29 is 0 Å². The Labute approximate surface area is 92.8 Å². The highest BCUT2D eigenvalue weighted by Crippen LogP contribution is 2.25. The van der Waals surface area contributed by atoms with Crippen molar-refractivity contribution in [2.45, 2.75) is 13.3 Å². The Hall–Kier alpha value is -1.35.